The van der Waals surface area contributed by atoms with Crippen molar-refractivity contribution in [3.8, 4) is 22.6 Å². The monoisotopic (exact) mass is 738 g/mol. The van der Waals surface area contributed by atoms with Crippen molar-refractivity contribution in [2.24, 2.45) is 0 Å². The van der Waals surface area contributed by atoms with E-state index in [-0.39, 0.29) is 0 Å². The maximum atomic E-state index is 7.16. The molecule has 8 rings (SSSR count). The highest BCUT2D eigenvalue weighted by Crippen LogP contribution is 2.48. The van der Waals surface area contributed by atoms with E-state index in [9.17, 15) is 0 Å². The lowest BCUT2D eigenvalue weighted by Gasteiger charge is -2.26. The van der Waals surface area contributed by atoms with Gasteiger partial charge in [0, 0.05) is 11.1 Å². The molecule has 0 amide bonds. The highest BCUT2D eigenvalue weighted by Gasteiger charge is 2.24. The summed E-state index contributed by atoms with van der Waals surface area (Å²) in [6, 6.07) is 61.1. The van der Waals surface area contributed by atoms with Crippen molar-refractivity contribution in [2.75, 3.05) is 12.7 Å². The summed E-state index contributed by atoms with van der Waals surface area (Å²) >= 11 is 0. The lowest BCUT2D eigenvalue weighted by molar-refractivity contribution is 0.386. The van der Waals surface area contributed by atoms with Gasteiger partial charge in [-0.3, -0.25) is 0 Å². The maximum absolute atomic E-state index is 7.16. The van der Waals surface area contributed by atoms with E-state index in [0.29, 0.717) is 12.7 Å². The van der Waals surface area contributed by atoms with E-state index < -0.39 is 15.8 Å². The number of benzene rings is 8. The molecule has 0 atom stereocenters. The maximum Gasteiger partial charge on any atom is 0.128 e. The molecule has 266 valence electrons. The summed E-state index contributed by atoms with van der Waals surface area (Å²) in [6.45, 7) is 8.86. The van der Waals surface area contributed by atoms with Crippen molar-refractivity contribution in [1.82, 2.24) is 0 Å². The standard InChI is InChI=1S/C50H44O2P2/c1-35-17-5-13-25-45(35)53(46-26-14-6-18-36(46)2)33-51-43-31-29-39-21-9-11-23-41(39)49(43)50-42-24-12-10-22-40(42)30-32-44(50)52-34-54(47-27-15-7-19-37(47)3)48-28-16-8-20-38(48)4/h5-32H,33-34H2,1-4H3. The van der Waals surface area contributed by atoms with Crippen molar-refractivity contribution in [3.63, 3.8) is 0 Å². The Kier molecular flexibility index (Phi) is 10.6. The molecule has 8 aromatic rings. The molecule has 0 fully saturated rings. The van der Waals surface area contributed by atoms with Crippen LogP contribution in [-0.2, 0) is 0 Å². The van der Waals surface area contributed by atoms with E-state index >= 15 is 0 Å². The minimum Gasteiger partial charge on any atom is -0.488 e. The fourth-order valence-corrected chi connectivity index (χ4v) is 12.2. The van der Waals surface area contributed by atoms with E-state index in [2.05, 4.69) is 198 Å². The summed E-state index contributed by atoms with van der Waals surface area (Å²) in [7, 11) is -1.61. The van der Waals surface area contributed by atoms with E-state index in [4.69, 9.17) is 9.47 Å². The summed E-state index contributed by atoms with van der Waals surface area (Å²) in [5.41, 5.74) is 7.30. The van der Waals surface area contributed by atoms with E-state index in [1.54, 1.807) is 0 Å². The van der Waals surface area contributed by atoms with Crippen LogP contribution in [0.25, 0.3) is 32.7 Å². The first kappa shape index (κ1) is 35.8. The van der Waals surface area contributed by atoms with Crippen LogP contribution >= 0.6 is 15.8 Å². The third-order valence-electron chi connectivity index (χ3n) is 10.4. The molecule has 0 spiro atoms. The topological polar surface area (TPSA) is 18.5 Å². The Labute approximate surface area is 321 Å². The van der Waals surface area contributed by atoms with Crippen LogP contribution in [0.15, 0.2) is 170 Å². The Morgan fingerprint density at radius 3 is 0.963 bits per heavy atom. The van der Waals surface area contributed by atoms with Gasteiger partial charge in [-0.1, -0.05) is 158 Å². The van der Waals surface area contributed by atoms with E-state index in [1.165, 1.54) is 54.2 Å². The smallest absolute Gasteiger partial charge is 0.128 e. The molecule has 0 bridgehead atoms. The third-order valence-corrected chi connectivity index (χ3v) is 15.5. The predicted molar refractivity (Wildman–Crippen MR) is 235 cm³/mol. The molecule has 0 N–H and O–H groups in total. The van der Waals surface area contributed by atoms with E-state index in [0.717, 1.165) is 33.4 Å². The van der Waals surface area contributed by atoms with Gasteiger partial charge in [-0.05, 0) is 121 Å². The Hall–Kier alpha value is -5.26. The summed E-state index contributed by atoms with van der Waals surface area (Å²) in [5, 5.41) is 10.0. The van der Waals surface area contributed by atoms with Gasteiger partial charge in [0.15, 0.2) is 0 Å². The first-order chi connectivity index (χ1) is 26.5. The molecule has 0 saturated carbocycles. The van der Waals surface area contributed by atoms with Crippen molar-refractivity contribution in [1.29, 1.82) is 0 Å². The predicted octanol–water partition coefficient (Wildman–Crippen LogP) is 11.8. The molecule has 0 aliphatic carbocycles. The van der Waals surface area contributed by atoms with Gasteiger partial charge < -0.3 is 9.47 Å². The molecule has 54 heavy (non-hydrogen) atoms. The summed E-state index contributed by atoms with van der Waals surface area (Å²) < 4.78 is 14.3. The fourth-order valence-electron chi connectivity index (χ4n) is 7.53. The Morgan fingerprint density at radius 2 is 0.630 bits per heavy atom. The van der Waals surface area contributed by atoms with Gasteiger partial charge in [0.05, 0.1) is 0 Å². The van der Waals surface area contributed by atoms with E-state index in [1.807, 2.05) is 0 Å². The number of hydrogen-bond acceptors (Lipinski definition) is 2. The molecule has 0 aliphatic heterocycles. The van der Waals surface area contributed by atoms with Gasteiger partial charge in [-0.25, -0.2) is 0 Å². The minimum absolute atomic E-state index is 0.559. The highest BCUT2D eigenvalue weighted by molar-refractivity contribution is 7.73. The van der Waals surface area contributed by atoms with Crippen LogP contribution in [0, 0.1) is 27.7 Å². The van der Waals surface area contributed by atoms with Crippen LogP contribution in [0.1, 0.15) is 22.3 Å². The minimum atomic E-state index is -0.807. The van der Waals surface area contributed by atoms with Crippen molar-refractivity contribution >= 4 is 58.6 Å². The van der Waals surface area contributed by atoms with Crippen LogP contribution in [-0.4, -0.2) is 12.7 Å². The lowest BCUT2D eigenvalue weighted by Crippen LogP contribution is -2.21. The van der Waals surface area contributed by atoms with Crippen LogP contribution in [0.5, 0.6) is 11.5 Å². The lowest BCUT2D eigenvalue weighted by atomic mass is 9.92. The van der Waals surface area contributed by atoms with Crippen molar-refractivity contribution in [3.05, 3.63) is 192 Å². The van der Waals surface area contributed by atoms with Crippen LogP contribution in [0.2, 0.25) is 0 Å². The van der Waals surface area contributed by atoms with Gasteiger partial charge in [0.2, 0.25) is 0 Å². The van der Waals surface area contributed by atoms with Gasteiger partial charge in [-0.15, -0.1) is 0 Å². The number of fused-ring (bicyclic) bond motifs is 2. The zero-order valence-corrected chi connectivity index (χ0v) is 33.1. The molecule has 2 nitrogen and oxygen atoms in total. The van der Waals surface area contributed by atoms with Crippen LogP contribution in [0.4, 0.5) is 0 Å². The molecule has 8 aromatic carbocycles. The second-order valence-electron chi connectivity index (χ2n) is 13.9. The largest absolute Gasteiger partial charge is 0.488 e. The second-order valence-corrected chi connectivity index (χ2v) is 18.0. The second kappa shape index (κ2) is 16.0. The van der Waals surface area contributed by atoms with Crippen LogP contribution in [0.3, 0.4) is 0 Å². The summed E-state index contributed by atoms with van der Waals surface area (Å²) in [4.78, 5) is 0. The Balaban J connectivity index is 1.27. The van der Waals surface area contributed by atoms with Crippen molar-refractivity contribution < 1.29 is 9.47 Å². The molecule has 0 saturated heterocycles. The highest BCUT2D eigenvalue weighted by atomic mass is 31.1. The Bertz CT molecular complexity index is 2320. The molecular formula is C50H44O2P2. The number of rotatable bonds is 11. The quantitative estimate of drug-likeness (QED) is 0.123. The molecule has 0 unspecified atom stereocenters. The normalized spacial score (nSPS) is 11.4. The average Bonchev–Trinajstić information content (AvgIpc) is 3.20. The first-order valence-corrected chi connectivity index (χ1v) is 21.6. The van der Waals surface area contributed by atoms with Gasteiger partial charge in [0.1, 0.15) is 24.2 Å². The first-order valence-electron chi connectivity index (χ1n) is 18.5. The number of ether oxygens (including phenoxy) is 2. The van der Waals surface area contributed by atoms with Gasteiger partial charge in [0.25, 0.3) is 0 Å². The molecule has 4 heteroatoms. The Morgan fingerprint density at radius 1 is 0.333 bits per heavy atom. The zero-order chi connectivity index (χ0) is 37.0. The third kappa shape index (κ3) is 7.18. The molecule has 0 heterocycles. The SMILES string of the molecule is Cc1ccccc1P(COc1ccc2ccccc2c1-c1c(OCP(c2ccccc2C)c2ccccc2C)ccc2ccccc12)c1ccccc1C. The zero-order valence-electron chi connectivity index (χ0n) is 31.3. The summed E-state index contributed by atoms with van der Waals surface area (Å²) in [5.74, 6) is 1.73. The summed E-state index contributed by atoms with van der Waals surface area (Å²) in [6.07, 6.45) is 1.12. The average molecular weight is 739 g/mol. The van der Waals surface area contributed by atoms with Crippen LogP contribution < -0.4 is 30.7 Å². The van der Waals surface area contributed by atoms with Crippen molar-refractivity contribution in [2.45, 2.75) is 27.7 Å². The van der Waals surface area contributed by atoms with Gasteiger partial charge >= 0.3 is 0 Å². The number of hydrogen-bond donors (Lipinski definition) is 0. The fraction of sp³-hybridized carbons (Fsp3) is 0.120. The molecule has 0 radical (unpaired) electrons. The molecule has 0 aliphatic rings. The molecular weight excluding hydrogens is 694 g/mol. The molecule has 0 aromatic heterocycles. The number of aryl methyl sites for hydroxylation is 4. The van der Waals surface area contributed by atoms with Gasteiger partial charge in [-0.2, -0.15) is 0 Å².